The smallest absolute Gasteiger partial charge is 0.138 e. The number of hydrogen-bond acceptors (Lipinski definition) is 4. The average molecular weight is 284 g/mol. The van der Waals surface area contributed by atoms with E-state index in [-0.39, 0.29) is 0 Å². The van der Waals surface area contributed by atoms with Crippen molar-refractivity contribution in [2.75, 3.05) is 17.7 Å². The van der Waals surface area contributed by atoms with E-state index in [2.05, 4.69) is 35.2 Å². The summed E-state index contributed by atoms with van der Waals surface area (Å²) in [5.74, 6) is 2.27. The second-order valence-corrected chi connectivity index (χ2v) is 6.04. The Labute approximate surface area is 117 Å². The van der Waals surface area contributed by atoms with Crippen molar-refractivity contribution in [3.05, 3.63) is 17.3 Å². The Morgan fingerprint density at radius 3 is 3.00 bits per heavy atom. The first-order valence-corrected chi connectivity index (χ1v) is 7.60. The van der Waals surface area contributed by atoms with Crippen LogP contribution in [0.3, 0.4) is 0 Å². The number of aromatic nitrogens is 2. The summed E-state index contributed by atoms with van der Waals surface area (Å²) in [5.41, 5.74) is 0. The molecule has 0 saturated heterocycles. The molecule has 0 amide bonds. The molecule has 3 nitrogen and oxygen atoms in total. The Bertz CT molecular complexity index is 512. The Kier molecular flexibility index (Phi) is 4.78. The van der Waals surface area contributed by atoms with Gasteiger partial charge in [-0.3, -0.25) is 0 Å². The molecule has 2 aromatic rings. The topological polar surface area (TPSA) is 37.8 Å². The van der Waals surface area contributed by atoms with Gasteiger partial charge in [-0.05, 0) is 25.3 Å². The first-order chi connectivity index (χ1) is 8.74. The highest BCUT2D eigenvalue weighted by Crippen LogP contribution is 2.27. The second kappa shape index (κ2) is 6.34. The number of nitrogens with one attached hydrogen (secondary N) is 1. The number of thiophene rings is 1. The van der Waals surface area contributed by atoms with E-state index in [9.17, 15) is 0 Å². The molecule has 2 heterocycles. The zero-order valence-electron chi connectivity index (χ0n) is 10.7. The fraction of sp³-hybridized carbons (Fsp3) is 0.538. The Morgan fingerprint density at radius 2 is 2.28 bits per heavy atom. The zero-order valence-corrected chi connectivity index (χ0v) is 12.3. The van der Waals surface area contributed by atoms with Gasteiger partial charge in [-0.15, -0.1) is 22.9 Å². The summed E-state index contributed by atoms with van der Waals surface area (Å²) >= 11 is 7.51. The molecule has 1 N–H and O–H groups in total. The van der Waals surface area contributed by atoms with E-state index in [0.29, 0.717) is 5.92 Å². The van der Waals surface area contributed by atoms with Crippen LogP contribution in [-0.4, -0.2) is 22.4 Å². The minimum Gasteiger partial charge on any atom is -0.369 e. The standard InChI is InChI=1S/C13H18ClN3S/c1-3-10(4-5-14)7-15-12-11-6-9(2)18-13(11)17-8-16-12/h6,8,10H,3-5,7H2,1-2H3,(H,15,16,17). The van der Waals surface area contributed by atoms with Crippen molar-refractivity contribution in [3.63, 3.8) is 0 Å². The van der Waals surface area contributed by atoms with Crippen molar-refractivity contribution < 1.29 is 0 Å². The molecule has 2 rings (SSSR count). The van der Waals surface area contributed by atoms with E-state index in [0.717, 1.165) is 41.3 Å². The highest BCUT2D eigenvalue weighted by molar-refractivity contribution is 7.18. The molecule has 1 unspecified atom stereocenters. The summed E-state index contributed by atoms with van der Waals surface area (Å²) in [4.78, 5) is 10.9. The summed E-state index contributed by atoms with van der Waals surface area (Å²) in [6.45, 7) is 5.21. The van der Waals surface area contributed by atoms with Crippen molar-refractivity contribution in [1.29, 1.82) is 0 Å². The summed E-state index contributed by atoms with van der Waals surface area (Å²) in [6.07, 6.45) is 3.81. The van der Waals surface area contributed by atoms with Crippen molar-refractivity contribution in [2.45, 2.75) is 26.7 Å². The summed E-state index contributed by atoms with van der Waals surface area (Å²) in [7, 11) is 0. The van der Waals surface area contributed by atoms with Crippen LogP contribution in [0.1, 0.15) is 24.6 Å². The molecule has 0 radical (unpaired) electrons. The maximum absolute atomic E-state index is 5.80. The van der Waals surface area contributed by atoms with E-state index >= 15 is 0 Å². The first-order valence-electron chi connectivity index (χ1n) is 6.25. The fourth-order valence-corrected chi connectivity index (χ4v) is 3.12. The molecule has 0 saturated carbocycles. The number of aryl methyl sites for hydroxylation is 1. The number of nitrogens with zero attached hydrogens (tertiary/aromatic N) is 2. The SMILES string of the molecule is CCC(CCCl)CNc1ncnc2sc(C)cc12. The number of hydrogen-bond donors (Lipinski definition) is 1. The third kappa shape index (κ3) is 3.12. The van der Waals surface area contributed by atoms with E-state index in [1.165, 1.54) is 4.88 Å². The van der Waals surface area contributed by atoms with Gasteiger partial charge in [0.2, 0.25) is 0 Å². The second-order valence-electron chi connectivity index (χ2n) is 4.43. The van der Waals surface area contributed by atoms with Gasteiger partial charge in [-0.2, -0.15) is 0 Å². The third-order valence-corrected chi connectivity index (χ3v) is 4.28. The van der Waals surface area contributed by atoms with Crippen LogP contribution in [-0.2, 0) is 0 Å². The van der Waals surface area contributed by atoms with Crippen molar-refractivity contribution in [3.8, 4) is 0 Å². The van der Waals surface area contributed by atoms with E-state index in [4.69, 9.17) is 11.6 Å². The normalized spacial score (nSPS) is 12.8. The van der Waals surface area contributed by atoms with Gasteiger partial charge in [0.1, 0.15) is 17.0 Å². The van der Waals surface area contributed by atoms with Gasteiger partial charge < -0.3 is 5.32 Å². The van der Waals surface area contributed by atoms with Gasteiger partial charge in [0.05, 0.1) is 5.39 Å². The maximum atomic E-state index is 5.80. The average Bonchev–Trinajstić information content (AvgIpc) is 2.75. The van der Waals surface area contributed by atoms with E-state index < -0.39 is 0 Å². The van der Waals surface area contributed by atoms with E-state index in [1.54, 1.807) is 17.7 Å². The quantitative estimate of drug-likeness (QED) is 0.812. The van der Waals surface area contributed by atoms with Crippen LogP contribution < -0.4 is 5.32 Å². The van der Waals surface area contributed by atoms with Gasteiger partial charge in [0.25, 0.3) is 0 Å². The highest BCUT2D eigenvalue weighted by atomic mass is 35.5. The third-order valence-electron chi connectivity index (χ3n) is 3.11. The lowest BCUT2D eigenvalue weighted by atomic mass is 10.0. The van der Waals surface area contributed by atoms with Crippen LogP contribution in [0.2, 0.25) is 0 Å². The summed E-state index contributed by atoms with van der Waals surface area (Å²) in [6, 6.07) is 2.14. The summed E-state index contributed by atoms with van der Waals surface area (Å²) in [5, 5.41) is 4.56. The summed E-state index contributed by atoms with van der Waals surface area (Å²) < 4.78 is 0. The maximum Gasteiger partial charge on any atom is 0.138 e. The largest absolute Gasteiger partial charge is 0.369 e. The predicted octanol–water partition coefficient (Wildman–Crippen LogP) is 4.07. The number of anilines is 1. The number of fused-ring (bicyclic) bond motifs is 1. The molecule has 0 aliphatic carbocycles. The van der Waals surface area contributed by atoms with Crippen molar-refractivity contribution in [2.24, 2.45) is 5.92 Å². The van der Waals surface area contributed by atoms with Gasteiger partial charge >= 0.3 is 0 Å². The lowest BCUT2D eigenvalue weighted by Crippen LogP contribution is -2.15. The van der Waals surface area contributed by atoms with Gasteiger partial charge in [-0.1, -0.05) is 13.3 Å². The van der Waals surface area contributed by atoms with Crippen LogP contribution in [0.15, 0.2) is 12.4 Å². The fourth-order valence-electron chi connectivity index (χ4n) is 1.96. The van der Waals surface area contributed by atoms with Crippen LogP contribution in [0.4, 0.5) is 5.82 Å². The molecule has 0 aromatic carbocycles. The minimum atomic E-state index is 0.604. The van der Waals surface area contributed by atoms with Crippen LogP contribution in [0.25, 0.3) is 10.2 Å². The molecule has 1 atom stereocenters. The molecule has 0 aliphatic rings. The highest BCUT2D eigenvalue weighted by Gasteiger charge is 2.09. The lowest BCUT2D eigenvalue weighted by Gasteiger charge is -2.14. The molecule has 98 valence electrons. The lowest BCUT2D eigenvalue weighted by molar-refractivity contribution is 0.521. The molecule has 5 heteroatoms. The minimum absolute atomic E-state index is 0.604. The molecule has 2 aromatic heterocycles. The van der Waals surface area contributed by atoms with Gasteiger partial charge in [0.15, 0.2) is 0 Å². The van der Waals surface area contributed by atoms with Crippen molar-refractivity contribution in [1.82, 2.24) is 9.97 Å². The predicted molar refractivity (Wildman–Crippen MR) is 79.8 cm³/mol. The molecule has 0 spiro atoms. The van der Waals surface area contributed by atoms with Crippen LogP contribution in [0.5, 0.6) is 0 Å². The Balaban J connectivity index is 2.11. The number of rotatable bonds is 6. The number of alkyl halides is 1. The van der Waals surface area contributed by atoms with Gasteiger partial charge in [0, 0.05) is 17.3 Å². The molecule has 0 aliphatic heterocycles. The number of halogens is 1. The molecule has 0 bridgehead atoms. The van der Waals surface area contributed by atoms with Crippen LogP contribution >= 0.6 is 22.9 Å². The monoisotopic (exact) mass is 283 g/mol. The Hall–Kier alpha value is -0.870. The first kappa shape index (κ1) is 13.6. The van der Waals surface area contributed by atoms with E-state index in [1.807, 2.05) is 0 Å². The zero-order chi connectivity index (χ0) is 13.0. The Morgan fingerprint density at radius 1 is 1.44 bits per heavy atom. The molecule has 18 heavy (non-hydrogen) atoms. The van der Waals surface area contributed by atoms with Gasteiger partial charge in [-0.25, -0.2) is 9.97 Å². The van der Waals surface area contributed by atoms with Crippen molar-refractivity contribution >= 4 is 39.0 Å². The molecular formula is C13H18ClN3S. The molecule has 0 fully saturated rings. The molecular weight excluding hydrogens is 266 g/mol. The van der Waals surface area contributed by atoms with Crippen LogP contribution in [0, 0.1) is 12.8 Å².